The number of pyridine rings is 1. The number of nitrogens with one attached hydrogen (secondary N) is 1. The van der Waals surface area contributed by atoms with E-state index in [0.717, 1.165) is 10.9 Å². The number of fused-ring (bicyclic) bond motifs is 2. The van der Waals surface area contributed by atoms with Gasteiger partial charge in [-0.05, 0) is 48.2 Å². The molecule has 8 nitrogen and oxygen atoms in total. The minimum absolute atomic E-state index is 0.0370. The third-order valence-electron chi connectivity index (χ3n) is 5.44. The molecule has 1 aliphatic heterocycles. The van der Waals surface area contributed by atoms with Crippen molar-refractivity contribution in [2.45, 2.75) is 32.4 Å². The normalized spacial score (nSPS) is 14.2. The average Bonchev–Trinajstić information content (AvgIpc) is 3.20. The fourth-order valence-electron chi connectivity index (χ4n) is 3.74. The van der Waals surface area contributed by atoms with Crippen molar-refractivity contribution in [3.63, 3.8) is 0 Å². The average molecular weight is 476 g/mol. The molecule has 0 aliphatic carbocycles. The fourth-order valence-corrected chi connectivity index (χ4v) is 4.50. The molecule has 0 saturated carbocycles. The van der Waals surface area contributed by atoms with Gasteiger partial charge < -0.3 is 19.7 Å². The second-order valence-corrected chi connectivity index (χ2v) is 8.23. The molecule has 1 aliphatic rings. The van der Waals surface area contributed by atoms with E-state index in [1.54, 1.807) is 36.2 Å². The van der Waals surface area contributed by atoms with Crippen molar-refractivity contribution in [3.8, 4) is 0 Å². The van der Waals surface area contributed by atoms with Crippen LogP contribution in [0.5, 0.6) is 0 Å². The summed E-state index contributed by atoms with van der Waals surface area (Å²) in [6.07, 6.45) is 2.22. The van der Waals surface area contributed by atoms with E-state index in [9.17, 15) is 19.5 Å². The highest BCUT2D eigenvalue weighted by Gasteiger charge is 2.30. The van der Waals surface area contributed by atoms with Crippen molar-refractivity contribution in [2.75, 3.05) is 6.54 Å². The quantitative estimate of drug-likeness (QED) is 0.577. The summed E-state index contributed by atoms with van der Waals surface area (Å²) in [5.41, 5.74) is 1.85. The number of nitrogens with zero attached hydrogens (tertiary/aromatic N) is 2. The highest BCUT2D eigenvalue weighted by molar-refractivity contribution is 6.40. The van der Waals surface area contributed by atoms with Gasteiger partial charge >= 0.3 is 5.97 Å². The summed E-state index contributed by atoms with van der Waals surface area (Å²) in [4.78, 5) is 42.6. The van der Waals surface area contributed by atoms with Gasteiger partial charge in [-0.15, -0.1) is 0 Å². The van der Waals surface area contributed by atoms with Gasteiger partial charge in [0.25, 0.3) is 11.8 Å². The maximum Gasteiger partial charge on any atom is 0.326 e. The van der Waals surface area contributed by atoms with Crippen LogP contribution in [0.1, 0.15) is 45.4 Å². The summed E-state index contributed by atoms with van der Waals surface area (Å²) < 4.78 is 5.58. The number of amides is 2. The van der Waals surface area contributed by atoms with Gasteiger partial charge in [-0.25, -0.2) is 9.78 Å². The molecular weight excluding hydrogens is 457 g/mol. The van der Waals surface area contributed by atoms with Gasteiger partial charge in [0.05, 0.1) is 15.6 Å². The van der Waals surface area contributed by atoms with E-state index in [0.29, 0.717) is 24.2 Å². The summed E-state index contributed by atoms with van der Waals surface area (Å²) >= 11 is 12.9. The molecule has 32 heavy (non-hydrogen) atoms. The van der Waals surface area contributed by atoms with Crippen LogP contribution in [0.25, 0.3) is 11.1 Å². The molecule has 4 rings (SSSR count). The summed E-state index contributed by atoms with van der Waals surface area (Å²) in [7, 11) is 0. The Morgan fingerprint density at radius 3 is 2.78 bits per heavy atom. The predicted octanol–water partition coefficient (Wildman–Crippen LogP) is 3.93. The molecule has 0 bridgehead atoms. The Kier molecular flexibility index (Phi) is 6.08. The van der Waals surface area contributed by atoms with Crippen LogP contribution in [0, 0.1) is 0 Å². The molecule has 1 atom stereocenters. The molecule has 0 radical (unpaired) electrons. The van der Waals surface area contributed by atoms with E-state index < -0.39 is 17.9 Å². The zero-order valence-corrected chi connectivity index (χ0v) is 18.5. The Labute approximate surface area is 193 Å². The van der Waals surface area contributed by atoms with Crippen LogP contribution in [0.3, 0.4) is 0 Å². The fraction of sp³-hybridized carbons (Fsp3) is 0.273. The van der Waals surface area contributed by atoms with E-state index in [4.69, 9.17) is 27.6 Å². The number of carbonyl (C=O) groups is 3. The number of benzene rings is 1. The maximum atomic E-state index is 13.0. The van der Waals surface area contributed by atoms with E-state index in [1.165, 1.54) is 0 Å². The van der Waals surface area contributed by atoms with E-state index in [2.05, 4.69) is 10.3 Å². The van der Waals surface area contributed by atoms with E-state index in [1.807, 2.05) is 6.07 Å². The monoisotopic (exact) mass is 475 g/mol. The number of hydrogen-bond acceptors (Lipinski definition) is 5. The molecule has 2 N–H and O–H groups in total. The highest BCUT2D eigenvalue weighted by atomic mass is 35.5. The minimum atomic E-state index is -1.14. The third kappa shape index (κ3) is 4.03. The molecule has 3 aromatic rings. The lowest BCUT2D eigenvalue weighted by Gasteiger charge is -2.29. The van der Waals surface area contributed by atoms with Gasteiger partial charge in [-0.2, -0.15) is 0 Å². The summed E-state index contributed by atoms with van der Waals surface area (Å²) in [5, 5.41) is 12.6. The number of aliphatic carboxylic acids is 1. The van der Waals surface area contributed by atoms with Crippen LogP contribution in [0.2, 0.25) is 10.0 Å². The lowest BCUT2D eigenvalue weighted by Crippen LogP contribution is -2.41. The molecule has 166 valence electrons. The van der Waals surface area contributed by atoms with Gasteiger partial charge in [0.15, 0.2) is 5.76 Å². The van der Waals surface area contributed by atoms with Crippen LogP contribution in [0.15, 0.2) is 34.9 Å². The summed E-state index contributed by atoms with van der Waals surface area (Å²) in [5.74, 6) is -1.88. The zero-order chi connectivity index (χ0) is 23.0. The molecule has 0 saturated heterocycles. The number of halogens is 2. The number of rotatable bonds is 5. The smallest absolute Gasteiger partial charge is 0.326 e. The van der Waals surface area contributed by atoms with Crippen molar-refractivity contribution in [1.82, 2.24) is 15.2 Å². The molecule has 0 fully saturated rings. The Bertz CT molecular complexity index is 1210. The molecule has 0 unspecified atom stereocenters. The molecule has 10 heteroatoms. The Hall–Kier alpha value is -3.10. The van der Waals surface area contributed by atoms with Crippen molar-refractivity contribution < 1.29 is 23.9 Å². The van der Waals surface area contributed by atoms with Crippen LogP contribution in [-0.2, 0) is 17.8 Å². The molecule has 2 amide bonds. The SMILES string of the molecule is CC[C@H](NC(=O)c1c(Cl)cc2c(c1Cl)CCN(C(=O)c1cc3cccnc3o1)C2)C(=O)O. The van der Waals surface area contributed by atoms with Gasteiger partial charge in [0.2, 0.25) is 5.71 Å². The van der Waals surface area contributed by atoms with Gasteiger partial charge in [-0.3, -0.25) is 9.59 Å². The van der Waals surface area contributed by atoms with E-state index >= 15 is 0 Å². The number of hydrogen-bond donors (Lipinski definition) is 2. The number of carbonyl (C=O) groups excluding carboxylic acids is 2. The lowest BCUT2D eigenvalue weighted by atomic mass is 9.96. The second-order valence-electron chi connectivity index (χ2n) is 7.44. The standard InChI is InChI=1S/C22H19Cl2N3O5/c1-2-15(22(30)31)26-19(28)17-14(23)8-12-10-27(7-5-13(12)18(17)24)21(29)16-9-11-4-3-6-25-20(11)32-16/h3-4,6,8-9,15H,2,5,7,10H2,1H3,(H,26,28)(H,30,31)/t15-/m0/s1. The van der Waals surface area contributed by atoms with Gasteiger partial charge in [-0.1, -0.05) is 30.1 Å². The Morgan fingerprint density at radius 1 is 1.31 bits per heavy atom. The van der Waals surface area contributed by atoms with Crippen molar-refractivity contribution >= 4 is 52.1 Å². The predicted molar refractivity (Wildman–Crippen MR) is 118 cm³/mol. The van der Waals surface area contributed by atoms with Crippen LogP contribution >= 0.6 is 23.2 Å². The highest BCUT2D eigenvalue weighted by Crippen LogP contribution is 2.35. The first-order chi connectivity index (χ1) is 15.3. The van der Waals surface area contributed by atoms with Crippen molar-refractivity contribution in [1.29, 1.82) is 0 Å². The van der Waals surface area contributed by atoms with Gasteiger partial charge in [0.1, 0.15) is 6.04 Å². The maximum absolute atomic E-state index is 13.0. The molecule has 2 aromatic heterocycles. The largest absolute Gasteiger partial charge is 0.480 e. The van der Waals surface area contributed by atoms with Crippen LogP contribution in [-0.4, -0.2) is 45.4 Å². The Balaban J connectivity index is 1.58. The summed E-state index contributed by atoms with van der Waals surface area (Å²) in [6.45, 7) is 2.26. The summed E-state index contributed by atoms with van der Waals surface area (Å²) in [6, 6.07) is 5.78. The molecule has 0 spiro atoms. The molecular formula is C22H19Cl2N3O5. The lowest BCUT2D eigenvalue weighted by molar-refractivity contribution is -0.139. The molecule has 1 aromatic carbocycles. The number of aromatic nitrogens is 1. The number of carboxylic acids is 1. The van der Waals surface area contributed by atoms with Crippen molar-refractivity contribution in [2.24, 2.45) is 0 Å². The second kappa shape index (κ2) is 8.80. The number of furan rings is 1. The topological polar surface area (TPSA) is 113 Å². The number of carboxylic acid groups (broad SMARTS) is 1. The first-order valence-electron chi connectivity index (χ1n) is 9.97. The zero-order valence-electron chi connectivity index (χ0n) is 17.0. The van der Waals surface area contributed by atoms with Gasteiger partial charge in [0, 0.05) is 24.7 Å². The first kappa shape index (κ1) is 22.1. The molecule has 3 heterocycles. The van der Waals surface area contributed by atoms with Crippen molar-refractivity contribution in [3.05, 3.63) is 63.0 Å². The van der Waals surface area contributed by atoms with E-state index in [-0.39, 0.29) is 40.2 Å². The Morgan fingerprint density at radius 2 is 2.09 bits per heavy atom. The first-order valence-corrected chi connectivity index (χ1v) is 10.7. The third-order valence-corrected chi connectivity index (χ3v) is 6.15. The van der Waals surface area contributed by atoms with Crippen LogP contribution < -0.4 is 5.32 Å². The van der Waals surface area contributed by atoms with Crippen LogP contribution in [0.4, 0.5) is 0 Å². The minimum Gasteiger partial charge on any atom is -0.480 e.